The summed E-state index contributed by atoms with van der Waals surface area (Å²) >= 11 is 0. The highest BCUT2D eigenvalue weighted by molar-refractivity contribution is 5.95. The highest BCUT2D eigenvalue weighted by Gasteiger charge is 2.35. The van der Waals surface area contributed by atoms with Crippen molar-refractivity contribution in [3.05, 3.63) is 119 Å². The van der Waals surface area contributed by atoms with Crippen LogP contribution in [-0.4, -0.2) is 40.7 Å². The van der Waals surface area contributed by atoms with Crippen molar-refractivity contribution in [1.29, 1.82) is 0 Å². The second-order valence-electron chi connectivity index (χ2n) is 13.2. The van der Waals surface area contributed by atoms with E-state index >= 15 is 0 Å². The monoisotopic (exact) mass is 619 g/mol. The first kappa shape index (κ1) is 32.9. The molecule has 1 amide bonds. The van der Waals surface area contributed by atoms with Crippen molar-refractivity contribution >= 4 is 17.6 Å². The molecule has 1 fully saturated rings. The zero-order valence-electron chi connectivity index (χ0n) is 27.5. The predicted octanol–water partition coefficient (Wildman–Crippen LogP) is 7.70. The van der Waals surface area contributed by atoms with E-state index in [2.05, 4.69) is 34.5 Å². The minimum atomic E-state index is -1.19. The maximum Gasteiger partial charge on any atom is 0.337 e. The third-order valence-corrected chi connectivity index (χ3v) is 8.57. The highest BCUT2D eigenvalue weighted by Crippen LogP contribution is 2.44. The fraction of sp³-hybridized carbons (Fsp3) is 0.359. The quantitative estimate of drug-likeness (QED) is 0.189. The average Bonchev–Trinajstić information content (AvgIpc) is 3.03. The summed E-state index contributed by atoms with van der Waals surface area (Å²) < 4.78 is 6.22. The molecule has 0 spiro atoms. The summed E-state index contributed by atoms with van der Waals surface area (Å²) in [5, 5.41) is 13.5. The molecule has 0 aliphatic carbocycles. The Labute approximate surface area is 272 Å². The number of carbonyl (C=O) groups is 2. The number of nitrogens with zero attached hydrogens (tertiary/aromatic N) is 2. The molecule has 2 N–H and O–H groups in total. The van der Waals surface area contributed by atoms with Gasteiger partial charge in [-0.2, -0.15) is 0 Å². The number of carbonyl (C=O) groups excluding carboxylic acids is 1. The van der Waals surface area contributed by atoms with Crippen molar-refractivity contribution in [2.24, 2.45) is 5.92 Å². The number of nitrogens with one attached hydrogen (secondary N) is 1. The first-order valence-corrected chi connectivity index (χ1v) is 16.1. The number of anilines is 1. The molecule has 5 rings (SSSR count). The van der Waals surface area contributed by atoms with Crippen LogP contribution >= 0.6 is 0 Å². The van der Waals surface area contributed by atoms with Gasteiger partial charge in [0.05, 0.1) is 11.3 Å². The summed E-state index contributed by atoms with van der Waals surface area (Å²) in [5.74, 6) is -0.648. The fourth-order valence-electron chi connectivity index (χ4n) is 6.40. The van der Waals surface area contributed by atoms with Crippen molar-refractivity contribution in [2.75, 3.05) is 18.0 Å². The minimum Gasteiger partial charge on any atom is -0.479 e. The second kappa shape index (κ2) is 14.3. The number of carboxylic acids is 1. The van der Waals surface area contributed by atoms with Gasteiger partial charge in [-0.25, -0.2) is 4.79 Å². The van der Waals surface area contributed by atoms with E-state index in [1.165, 1.54) is 5.56 Å². The van der Waals surface area contributed by atoms with Crippen LogP contribution in [0.5, 0.6) is 0 Å². The first-order chi connectivity index (χ1) is 22.0. The molecule has 1 saturated heterocycles. The molecule has 0 radical (unpaired) electrons. The minimum absolute atomic E-state index is 0.153. The molecule has 1 aliphatic heterocycles. The van der Waals surface area contributed by atoms with Gasteiger partial charge in [-0.15, -0.1) is 0 Å². The van der Waals surface area contributed by atoms with Crippen LogP contribution in [0.1, 0.15) is 78.2 Å². The van der Waals surface area contributed by atoms with Crippen LogP contribution < -0.4 is 10.2 Å². The van der Waals surface area contributed by atoms with E-state index in [0.717, 1.165) is 60.4 Å². The summed E-state index contributed by atoms with van der Waals surface area (Å²) in [6, 6.07) is 27.9. The summed E-state index contributed by atoms with van der Waals surface area (Å²) in [6.07, 6.45) is 1.83. The molecule has 1 atom stereocenters. The fourth-order valence-corrected chi connectivity index (χ4v) is 6.40. The lowest BCUT2D eigenvalue weighted by Crippen LogP contribution is -2.37. The Morgan fingerprint density at radius 2 is 1.48 bits per heavy atom. The number of rotatable bonds is 10. The highest BCUT2D eigenvalue weighted by atomic mass is 16.5. The Morgan fingerprint density at radius 3 is 2.04 bits per heavy atom. The second-order valence-corrected chi connectivity index (χ2v) is 13.2. The van der Waals surface area contributed by atoms with E-state index in [1.807, 2.05) is 95.3 Å². The largest absolute Gasteiger partial charge is 0.479 e. The molecule has 7 heteroatoms. The lowest BCUT2D eigenvalue weighted by molar-refractivity contribution is -0.160. The van der Waals surface area contributed by atoms with Crippen LogP contribution in [0.2, 0.25) is 0 Å². The van der Waals surface area contributed by atoms with Gasteiger partial charge in [0, 0.05) is 47.7 Å². The van der Waals surface area contributed by atoms with Gasteiger partial charge in [0.25, 0.3) is 5.91 Å². The number of piperidine rings is 1. The SMILES string of the molecule is Cc1nc(C)c([C@H](OC(C)(C)C)C(=O)O)c(N2CCC(Cc3ccccc3)CC2)c1-c1ccc(C(=O)NCc2ccccc2)cc1. The molecule has 0 saturated carbocycles. The maximum atomic E-state index is 13.0. The Balaban J connectivity index is 1.50. The summed E-state index contributed by atoms with van der Waals surface area (Å²) in [6.45, 7) is 11.5. The third-order valence-electron chi connectivity index (χ3n) is 8.57. The number of aryl methyl sites for hydroxylation is 2. The summed E-state index contributed by atoms with van der Waals surface area (Å²) in [7, 11) is 0. The van der Waals surface area contributed by atoms with E-state index in [9.17, 15) is 14.7 Å². The molecule has 2 heterocycles. The lowest BCUT2D eigenvalue weighted by Gasteiger charge is -2.38. The smallest absolute Gasteiger partial charge is 0.337 e. The van der Waals surface area contributed by atoms with Crippen LogP contribution in [0.4, 0.5) is 5.69 Å². The van der Waals surface area contributed by atoms with Crippen molar-refractivity contribution in [2.45, 2.75) is 72.1 Å². The van der Waals surface area contributed by atoms with Gasteiger partial charge in [-0.1, -0.05) is 72.8 Å². The average molecular weight is 620 g/mol. The molecule has 1 aromatic heterocycles. The molecule has 4 aromatic rings. The Morgan fingerprint density at radius 1 is 0.891 bits per heavy atom. The van der Waals surface area contributed by atoms with E-state index < -0.39 is 17.7 Å². The molecule has 0 bridgehead atoms. The number of aromatic nitrogens is 1. The number of benzene rings is 3. The predicted molar refractivity (Wildman–Crippen MR) is 183 cm³/mol. The topological polar surface area (TPSA) is 91.8 Å². The zero-order chi connectivity index (χ0) is 32.8. The van der Waals surface area contributed by atoms with Crippen LogP contribution in [0, 0.1) is 19.8 Å². The summed E-state index contributed by atoms with van der Waals surface area (Å²) in [5.41, 5.74) is 6.92. The van der Waals surface area contributed by atoms with Crippen LogP contribution in [-0.2, 0) is 22.5 Å². The van der Waals surface area contributed by atoms with Crippen LogP contribution in [0.3, 0.4) is 0 Å². The van der Waals surface area contributed by atoms with Crippen molar-refractivity contribution < 1.29 is 19.4 Å². The number of carboxylic acid groups (broad SMARTS) is 1. The zero-order valence-corrected chi connectivity index (χ0v) is 27.5. The Hall–Kier alpha value is -4.49. The van der Waals surface area contributed by atoms with Gasteiger partial charge in [-0.05, 0) is 88.6 Å². The van der Waals surface area contributed by atoms with E-state index in [1.54, 1.807) is 0 Å². The maximum absolute atomic E-state index is 13.0. The first-order valence-electron chi connectivity index (χ1n) is 16.1. The molecule has 46 heavy (non-hydrogen) atoms. The van der Waals surface area contributed by atoms with Gasteiger partial charge in [0.15, 0.2) is 6.10 Å². The third kappa shape index (κ3) is 8.01. The number of ether oxygens (including phenoxy) is 1. The van der Waals surface area contributed by atoms with Crippen molar-refractivity contribution in [3.8, 4) is 11.1 Å². The van der Waals surface area contributed by atoms with Crippen molar-refractivity contribution in [1.82, 2.24) is 10.3 Å². The lowest BCUT2D eigenvalue weighted by atomic mass is 9.88. The molecular formula is C39H45N3O4. The Bertz CT molecular complexity index is 1640. The number of pyridine rings is 1. The standard InChI is InChI=1S/C39H45N3O4/c1-26-33(31-16-18-32(19-17-31)37(43)40-25-30-14-10-7-11-15-30)35(34(27(2)41-26)36(38(44)45)46-39(3,4)5)42-22-20-29(21-23-42)24-28-12-8-6-9-13-28/h6-19,29,36H,20-25H2,1-5H3,(H,40,43)(H,44,45)/t36-/m0/s1. The van der Waals surface area contributed by atoms with Crippen LogP contribution in [0.15, 0.2) is 84.9 Å². The molecular weight excluding hydrogens is 574 g/mol. The van der Waals surface area contributed by atoms with Gasteiger partial charge in [0.2, 0.25) is 0 Å². The van der Waals surface area contributed by atoms with Gasteiger partial charge in [0.1, 0.15) is 0 Å². The van der Waals surface area contributed by atoms with Crippen LogP contribution in [0.25, 0.3) is 11.1 Å². The summed E-state index contributed by atoms with van der Waals surface area (Å²) in [4.78, 5) is 33.0. The van der Waals surface area contributed by atoms with Gasteiger partial charge < -0.3 is 20.1 Å². The molecule has 240 valence electrons. The molecule has 1 aliphatic rings. The molecule has 3 aromatic carbocycles. The van der Waals surface area contributed by atoms with E-state index in [4.69, 9.17) is 9.72 Å². The van der Waals surface area contributed by atoms with Gasteiger partial charge in [-0.3, -0.25) is 9.78 Å². The number of amides is 1. The normalized spacial score (nSPS) is 14.6. The molecule has 7 nitrogen and oxygen atoms in total. The number of aliphatic carboxylic acids is 1. The van der Waals surface area contributed by atoms with E-state index in [0.29, 0.717) is 29.3 Å². The number of hydrogen-bond acceptors (Lipinski definition) is 5. The van der Waals surface area contributed by atoms with Crippen molar-refractivity contribution in [3.63, 3.8) is 0 Å². The number of hydrogen-bond donors (Lipinski definition) is 2. The molecule has 0 unspecified atom stereocenters. The van der Waals surface area contributed by atoms with Gasteiger partial charge >= 0.3 is 5.97 Å². The Kier molecular flexibility index (Phi) is 10.2. The van der Waals surface area contributed by atoms with E-state index in [-0.39, 0.29) is 5.91 Å².